The van der Waals surface area contributed by atoms with Gasteiger partial charge in [0.05, 0.1) is 4.90 Å². The van der Waals surface area contributed by atoms with E-state index in [0.29, 0.717) is 33.8 Å². The van der Waals surface area contributed by atoms with Crippen molar-refractivity contribution in [1.29, 1.82) is 0 Å². The molecule has 27 heavy (non-hydrogen) atoms. The van der Waals surface area contributed by atoms with Crippen LogP contribution in [0.15, 0.2) is 65.6 Å². The molecule has 0 aliphatic heterocycles. The topological polar surface area (TPSA) is 72.2 Å². The highest BCUT2D eigenvalue weighted by Gasteiger charge is 2.20. The molecular formula is C20H18ClFN2O2S. The highest BCUT2D eigenvalue weighted by Crippen LogP contribution is 2.38. The monoisotopic (exact) mass is 404 g/mol. The predicted molar refractivity (Wildman–Crippen MR) is 106 cm³/mol. The van der Waals surface area contributed by atoms with E-state index in [2.05, 4.69) is 5.32 Å². The van der Waals surface area contributed by atoms with E-state index in [9.17, 15) is 12.8 Å². The SMILES string of the molecule is CNCc1ccc(-c2ccccc2F)c(-c2cc(Cl)ccc2S(N)(=O)=O)c1. The van der Waals surface area contributed by atoms with Gasteiger partial charge >= 0.3 is 0 Å². The van der Waals surface area contributed by atoms with Crippen LogP contribution in [0.2, 0.25) is 5.02 Å². The van der Waals surface area contributed by atoms with Gasteiger partial charge in [-0.25, -0.2) is 17.9 Å². The molecule has 3 N–H and O–H groups in total. The van der Waals surface area contributed by atoms with Crippen LogP contribution in [-0.4, -0.2) is 15.5 Å². The lowest BCUT2D eigenvalue weighted by atomic mass is 9.92. The largest absolute Gasteiger partial charge is 0.316 e. The Kier molecular flexibility index (Phi) is 5.62. The number of nitrogens with one attached hydrogen (secondary N) is 1. The van der Waals surface area contributed by atoms with Gasteiger partial charge in [0.2, 0.25) is 10.0 Å². The molecule has 0 atom stereocenters. The maximum absolute atomic E-state index is 14.5. The molecular weight excluding hydrogens is 387 g/mol. The van der Waals surface area contributed by atoms with Crippen LogP contribution in [0.3, 0.4) is 0 Å². The quantitative estimate of drug-likeness (QED) is 0.670. The first-order valence-electron chi connectivity index (χ1n) is 8.16. The lowest BCUT2D eigenvalue weighted by Gasteiger charge is -2.16. The fraction of sp³-hybridized carbons (Fsp3) is 0.100. The van der Waals surface area contributed by atoms with Gasteiger partial charge in [0.15, 0.2) is 0 Å². The Hall–Kier alpha value is -2.25. The van der Waals surface area contributed by atoms with Crippen molar-refractivity contribution in [3.63, 3.8) is 0 Å². The van der Waals surface area contributed by atoms with Crippen LogP contribution in [0.5, 0.6) is 0 Å². The summed E-state index contributed by atoms with van der Waals surface area (Å²) < 4.78 is 38.7. The number of halogens is 2. The van der Waals surface area contributed by atoms with E-state index in [4.69, 9.17) is 16.7 Å². The van der Waals surface area contributed by atoms with Gasteiger partial charge in [-0.05, 0) is 54.1 Å². The van der Waals surface area contributed by atoms with Crippen LogP contribution in [0.4, 0.5) is 4.39 Å². The van der Waals surface area contributed by atoms with E-state index in [1.54, 1.807) is 31.3 Å². The van der Waals surface area contributed by atoms with E-state index in [1.165, 1.54) is 24.3 Å². The molecule has 0 unspecified atom stereocenters. The normalized spacial score (nSPS) is 11.6. The lowest BCUT2D eigenvalue weighted by molar-refractivity contribution is 0.598. The van der Waals surface area contributed by atoms with Crippen LogP contribution in [0, 0.1) is 5.82 Å². The summed E-state index contributed by atoms with van der Waals surface area (Å²) in [5, 5.41) is 8.81. The average Bonchev–Trinajstić information content (AvgIpc) is 2.61. The molecule has 0 radical (unpaired) electrons. The summed E-state index contributed by atoms with van der Waals surface area (Å²) in [6, 6.07) is 16.1. The lowest BCUT2D eigenvalue weighted by Crippen LogP contribution is -2.13. The first-order chi connectivity index (χ1) is 12.8. The fourth-order valence-electron chi connectivity index (χ4n) is 3.00. The summed E-state index contributed by atoms with van der Waals surface area (Å²) >= 11 is 6.13. The molecule has 4 nitrogen and oxygen atoms in total. The van der Waals surface area contributed by atoms with Gasteiger partial charge in [-0.15, -0.1) is 0 Å². The Morgan fingerprint density at radius 3 is 2.37 bits per heavy atom. The number of hydrogen-bond acceptors (Lipinski definition) is 3. The number of hydrogen-bond donors (Lipinski definition) is 2. The number of nitrogens with two attached hydrogens (primary N) is 1. The minimum absolute atomic E-state index is 0.0638. The zero-order valence-corrected chi connectivity index (χ0v) is 16.1. The first kappa shape index (κ1) is 19.5. The van der Waals surface area contributed by atoms with Crippen molar-refractivity contribution in [2.45, 2.75) is 11.4 Å². The molecule has 140 valence electrons. The molecule has 0 fully saturated rings. The van der Waals surface area contributed by atoms with E-state index in [0.717, 1.165) is 5.56 Å². The molecule has 0 spiro atoms. The van der Waals surface area contributed by atoms with Crippen molar-refractivity contribution in [1.82, 2.24) is 5.32 Å². The smallest absolute Gasteiger partial charge is 0.238 e. The average molecular weight is 405 g/mol. The second-order valence-electron chi connectivity index (χ2n) is 6.08. The Morgan fingerprint density at radius 1 is 0.963 bits per heavy atom. The minimum Gasteiger partial charge on any atom is -0.316 e. The van der Waals surface area contributed by atoms with Crippen LogP contribution in [0.25, 0.3) is 22.3 Å². The van der Waals surface area contributed by atoms with E-state index >= 15 is 0 Å². The molecule has 0 aliphatic rings. The van der Waals surface area contributed by atoms with Crippen molar-refractivity contribution >= 4 is 21.6 Å². The summed E-state index contributed by atoms with van der Waals surface area (Å²) in [5.41, 5.74) is 2.71. The number of benzene rings is 3. The fourth-order valence-corrected chi connectivity index (χ4v) is 3.91. The third kappa shape index (κ3) is 4.20. The van der Waals surface area contributed by atoms with Gasteiger partial charge in [-0.1, -0.05) is 41.9 Å². The van der Waals surface area contributed by atoms with Crippen LogP contribution in [0.1, 0.15) is 5.56 Å². The van der Waals surface area contributed by atoms with Gasteiger partial charge in [-0.3, -0.25) is 0 Å². The number of sulfonamides is 1. The third-order valence-electron chi connectivity index (χ3n) is 4.17. The molecule has 7 heteroatoms. The molecule has 0 aromatic heterocycles. The predicted octanol–water partition coefficient (Wildman–Crippen LogP) is 4.18. The van der Waals surface area contributed by atoms with Crippen molar-refractivity contribution in [2.24, 2.45) is 5.14 Å². The second-order valence-corrected chi connectivity index (χ2v) is 8.04. The molecule has 3 rings (SSSR count). The maximum Gasteiger partial charge on any atom is 0.238 e. The molecule has 0 amide bonds. The van der Waals surface area contributed by atoms with Gasteiger partial charge in [0, 0.05) is 22.7 Å². The van der Waals surface area contributed by atoms with Crippen LogP contribution >= 0.6 is 11.6 Å². The molecule has 0 heterocycles. The van der Waals surface area contributed by atoms with Crippen LogP contribution < -0.4 is 10.5 Å². The highest BCUT2D eigenvalue weighted by atomic mass is 35.5. The van der Waals surface area contributed by atoms with Gasteiger partial charge in [0.1, 0.15) is 5.82 Å². The van der Waals surface area contributed by atoms with Gasteiger partial charge in [-0.2, -0.15) is 0 Å². The zero-order valence-electron chi connectivity index (χ0n) is 14.5. The van der Waals surface area contributed by atoms with E-state index in [-0.39, 0.29) is 4.90 Å². The Morgan fingerprint density at radius 2 is 1.70 bits per heavy atom. The molecule has 0 saturated heterocycles. The number of rotatable bonds is 5. The standard InChI is InChI=1S/C20H18ClFN2O2S/c1-24-12-13-6-8-15(16-4-2-3-5-19(16)22)17(10-13)18-11-14(21)7-9-20(18)27(23,25)26/h2-11,24H,12H2,1H3,(H2,23,25,26). The molecule has 0 bridgehead atoms. The summed E-state index contributed by atoms with van der Waals surface area (Å²) in [5.74, 6) is -0.403. The first-order valence-corrected chi connectivity index (χ1v) is 10.1. The minimum atomic E-state index is -4.00. The van der Waals surface area contributed by atoms with Gasteiger partial charge in [0.25, 0.3) is 0 Å². The zero-order chi connectivity index (χ0) is 19.6. The molecule has 3 aromatic carbocycles. The van der Waals surface area contributed by atoms with Gasteiger partial charge < -0.3 is 5.32 Å². The summed E-state index contributed by atoms with van der Waals surface area (Å²) in [6.07, 6.45) is 0. The highest BCUT2D eigenvalue weighted by molar-refractivity contribution is 7.89. The van der Waals surface area contributed by atoms with Crippen molar-refractivity contribution in [2.75, 3.05) is 7.05 Å². The molecule has 0 saturated carbocycles. The van der Waals surface area contributed by atoms with Crippen molar-refractivity contribution < 1.29 is 12.8 Å². The molecule has 0 aliphatic carbocycles. The molecule has 3 aromatic rings. The number of primary sulfonamides is 1. The van der Waals surface area contributed by atoms with E-state index < -0.39 is 15.8 Å². The maximum atomic E-state index is 14.5. The Balaban J connectivity index is 2.37. The van der Waals surface area contributed by atoms with Crippen LogP contribution in [-0.2, 0) is 16.6 Å². The summed E-state index contributed by atoms with van der Waals surface area (Å²) in [7, 11) is -2.20. The summed E-state index contributed by atoms with van der Waals surface area (Å²) in [6.45, 7) is 0.565. The third-order valence-corrected chi connectivity index (χ3v) is 5.37. The summed E-state index contributed by atoms with van der Waals surface area (Å²) in [4.78, 5) is -0.0638. The van der Waals surface area contributed by atoms with Crippen molar-refractivity contribution in [3.05, 3.63) is 77.1 Å². The Labute approximate surface area is 162 Å². The van der Waals surface area contributed by atoms with Crippen molar-refractivity contribution in [3.8, 4) is 22.3 Å². The Bertz CT molecular complexity index is 1100. The van der Waals surface area contributed by atoms with E-state index in [1.807, 2.05) is 12.1 Å². The second kappa shape index (κ2) is 7.78.